The van der Waals surface area contributed by atoms with Crippen LogP contribution in [0.4, 0.5) is 0 Å². The molecule has 0 atom stereocenters. The maximum absolute atomic E-state index is 10.5. The summed E-state index contributed by atoms with van der Waals surface area (Å²) in [5, 5.41) is 15.9. The summed E-state index contributed by atoms with van der Waals surface area (Å²) in [6, 6.07) is 8.70. The Morgan fingerprint density at radius 2 is 2.00 bits per heavy atom. The maximum Gasteiger partial charge on any atom is 0.371 e. The third kappa shape index (κ3) is 1.72. The van der Waals surface area contributed by atoms with Crippen molar-refractivity contribution in [1.29, 1.82) is 5.26 Å². The monoisotopic (exact) mass is 189 g/mol. The third-order valence-electron chi connectivity index (χ3n) is 1.64. The van der Waals surface area contributed by atoms with Gasteiger partial charge in [0.25, 0.3) is 0 Å². The highest BCUT2D eigenvalue weighted by Gasteiger charge is 2.08. The van der Waals surface area contributed by atoms with E-state index in [0.717, 1.165) is 5.39 Å². The largest absolute Gasteiger partial charge is 0.475 e. The minimum Gasteiger partial charge on any atom is -0.475 e. The predicted octanol–water partition coefficient (Wildman–Crippen LogP) is 2.27. The molecule has 4 nitrogen and oxygen atoms in total. The number of aromatic carboxylic acids is 1. The van der Waals surface area contributed by atoms with Gasteiger partial charge in [0.15, 0.2) is 0 Å². The predicted molar refractivity (Wildman–Crippen MR) is 49.8 cm³/mol. The van der Waals surface area contributed by atoms with Crippen molar-refractivity contribution in [2.45, 2.75) is 0 Å². The summed E-state index contributed by atoms with van der Waals surface area (Å²) in [5.41, 5.74) is 0.606. The Balaban J connectivity index is 0.000000461. The lowest BCUT2D eigenvalue weighted by Gasteiger charge is -1.83. The molecule has 1 aromatic carbocycles. The lowest BCUT2D eigenvalue weighted by atomic mass is 10.2. The van der Waals surface area contributed by atoms with Gasteiger partial charge in [-0.25, -0.2) is 10.1 Å². The molecule has 0 spiro atoms. The molecule has 1 heterocycles. The number of para-hydroxylation sites is 1. The van der Waals surface area contributed by atoms with Crippen molar-refractivity contribution >= 4 is 16.9 Å². The van der Waals surface area contributed by atoms with Crippen molar-refractivity contribution in [2.75, 3.05) is 0 Å². The molecule has 0 bridgehead atoms. The Bertz CT molecular complexity index is 437. The van der Waals surface area contributed by atoms with Crippen molar-refractivity contribution in [3.63, 3.8) is 0 Å². The second kappa shape index (κ2) is 4.10. The van der Waals surface area contributed by atoms with Gasteiger partial charge in [0.2, 0.25) is 5.76 Å². The Kier molecular flexibility index (Phi) is 2.87. The zero-order valence-electron chi connectivity index (χ0n) is 7.18. The summed E-state index contributed by atoms with van der Waals surface area (Å²) in [6.07, 6.45) is 0. The van der Waals surface area contributed by atoms with Gasteiger partial charge < -0.3 is 9.52 Å². The Morgan fingerprint density at radius 3 is 2.57 bits per heavy atom. The molecule has 1 N–H and O–H groups in total. The van der Waals surface area contributed by atoms with Crippen LogP contribution in [0.3, 0.4) is 0 Å². The summed E-state index contributed by atoms with van der Waals surface area (Å²) >= 11 is 0. The van der Waals surface area contributed by atoms with Gasteiger partial charge in [0.05, 0.1) is 0 Å². The summed E-state index contributed by atoms with van der Waals surface area (Å²) in [7, 11) is 0. The number of carboxylic acid groups (broad SMARTS) is 1. The number of furan rings is 1. The van der Waals surface area contributed by atoms with E-state index in [1.807, 2.05) is 12.1 Å². The molecule has 0 saturated heterocycles. The van der Waals surface area contributed by atoms with Crippen LogP contribution in [0, 0.1) is 11.8 Å². The molecule has 0 aliphatic rings. The number of benzene rings is 1. The van der Waals surface area contributed by atoms with Crippen LogP contribution in [0.5, 0.6) is 0 Å². The topological polar surface area (TPSA) is 74.2 Å². The van der Waals surface area contributed by atoms with E-state index < -0.39 is 5.97 Å². The normalized spacial score (nSPS) is 9.00. The molecule has 1 aromatic heterocycles. The first-order chi connectivity index (χ1) is 6.77. The van der Waals surface area contributed by atoms with E-state index in [1.165, 1.54) is 6.07 Å². The Labute approximate surface area is 80.0 Å². The standard InChI is InChI=1S/C9H6O3.CHN/c10-9(11)8-5-6-3-1-2-4-7(6)12-8;1-2/h1-5H,(H,10,11);1H. The van der Waals surface area contributed by atoms with E-state index in [-0.39, 0.29) is 5.76 Å². The molecule has 2 aromatic rings. The minimum atomic E-state index is -1.04. The van der Waals surface area contributed by atoms with Gasteiger partial charge in [-0.15, -0.1) is 0 Å². The first-order valence-electron chi connectivity index (χ1n) is 3.75. The highest BCUT2D eigenvalue weighted by molar-refractivity contribution is 5.91. The number of carboxylic acids is 1. The van der Waals surface area contributed by atoms with Gasteiger partial charge in [-0.1, -0.05) is 18.2 Å². The van der Waals surface area contributed by atoms with Crippen LogP contribution in [0.1, 0.15) is 10.6 Å². The number of nitriles is 1. The molecule has 0 aliphatic heterocycles. The summed E-state index contributed by atoms with van der Waals surface area (Å²) in [6.45, 7) is 3.50. The van der Waals surface area contributed by atoms with E-state index in [4.69, 9.17) is 14.8 Å². The van der Waals surface area contributed by atoms with Gasteiger partial charge in [-0.3, -0.25) is 0 Å². The van der Waals surface area contributed by atoms with Crippen LogP contribution in [-0.2, 0) is 0 Å². The van der Waals surface area contributed by atoms with E-state index >= 15 is 0 Å². The molecule has 0 unspecified atom stereocenters. The van der Waals surface area contributed by atoms with Gasteiger partial charge in [-0.2, -0.15) is 0 Å². The molecule has 14 heavy (non-hydrogen) atoms. The first kappa shape index (κ1) is 9.81. The molecule has 0 amide bonds. The zero-order valence-corrected chi connectivity index (χ0v) is 7.18. The van der Waals surface area contributed by atoms with Gasteiger partial charge in [0, 0.05) is 12.0 Å². The Morgan fingerprint density at radius 1 is 1.36 bits per heavy atom. The molecule has 0 radical (unpaired) electrons. The molecule has 0 fully saturated rings. The lowest BCUT2D eigenvalue weighted by molar-refractivity contribution is 0.0665. The van der Waals surface area contributed by atoms with Crippen LogP contribution in [0.25, 0.3) is 11.0 Å². The van der Waals surface area contributed by atoms with Crippen molar-refractivity contribution < 1.29 is 14.3 Å². The number of hydrogen-bond donors (Lipinski definition) is 1. The maximum atomic E-state index is 10.5. The summed E-state index contributed by atoms with van der Waals surface area (Å²) in [5.74, 6) is -1.05. The third-order valence-corrected chi connectivity index (χ3v) is 1.64. The van der Waals surface area contributed by atoms with Gasteiger partial charge in [-0.05, 0) is 12.1 Å². The fourth-order valence-corrected chi connectivity index (χ4v) is 1.09. The summed E-state index contributed by atoms with van der Waals surface area (Å²) in [4.78, 5) is 10.5. The van der Waals surface area contributed by atoms with Crippen LogP contribution in [0.2, 0.25) is 0 Å². The second-order valence-corrected chi connectivity index (χ2v) is 2.45. The van der Waals surface area contributed by atoms with Crippen LogP contribution >= 0.6 is 0 Å². The van der Waals surface area contributed by atoms with Crippen molar-refractivity contribution in [2.24, 2.45) is 0 Å². The fourth-order valence-electron chi connectivity index (χ4n) is 1.09. The number of hydrogen-bond acceptors (Lipinski definition) is 3. The van der Waals surface area contributed by atoms with E-state index in [0.29, 0.717) is 5.58 Å². The molecular formula is C10H7NO3. The molecule has 2 rings (SSSR count). The SMILES string of the molecule is C#N.O=C(O)c1cc2ccccc2o1. The van der Waals surface area contributed by atoms with E-state index in [2.05, 4.69) is 6.57 Å². The quantitative estimate of drug-likeness (QED) is 0.746. The van der Waals surface area contributed by atoms with Gasteiger partial charge >= 0.3 is 5.97 Å². The molecule has 0 saturated carbocycles. The van der Waals surface area contributed by atoms with Crippen LogP contribution in [0.15, 0.2) is 34.7 Å². The zero-order chi connectivity index (χ0) is 10.6. The number of rotatable bonds is 1. The first-order valence-corrected chi connectivity index (χ1v) is 3.75. The number of fused-ring (bicyclic) bond motifs is 1. The highest BCUT2D eigenvalue weighted by Crippen LogP contribution is 2.18. The molecular weight excluding hydrogens is 182 g/mol. The highest BCUT2D eigenvalue weighted by atomic mass is 16.4. The number of nitrogens with zero attached hydrogens (tertiary/aromatic N) is 1. The summed E-state index contributed by atoms with van der Waals surface area (Å²) < 4.78 is 5.03. The van der Waals surface area contributed by atoms with Crippen molar-refractivity contribution in [3.05, 3.63) is 36.1 Å². The van der Waals surface area contributed by atoms with Crippen LogP contribution in [-0.4, -0.2) is 11.1 Å². The number of carbonyl (C=O) groups is 1. The lowest BCUT2D eigenvalue weighted by Crippen LogP contribution is -1.91. The average Bonchev–Trinajstić information content (AvgIpc) is 2.64. The van der Waals surface area contributed by atoms with E-state index in [1.54, 1.807) is 12.1 Å². The van der Waals surface area contributed by atoms with Gasteiger partial charge in [0.1, 0.15) is 5.58 Å². The van der Waals surface area contributed by atoms with Crippen LogP contribution < -0.4 is 0 Å². The minimum absolute atomic E-state index is 0.0174. The van der Waals surface area contributed by atoms with E-state index in [9.17, 15) is 4.79 Å². The smallest absolute Gasteiger partial charge is 0.371 e. The average molecular weight is 189 g/mol. The fraction of sp³-hybridized carbons (Fsp3) is 0. The van der Waals surface area contributed by atoms with Crippen molar-refractivity contribution in [1.82, 2.24) is 0 Å². The molecule has 0 aliphatic carbocycles. The molecule has 4 heteroatoms. The van der Waals surface area contributed by atoms with Crippen molar-refractivity contribution in [3.8, 4) is 6.57 Å². The molecule has 70 valence electrons. The second-order valence-electron chi connectivity index (χ2n) is 2.45. The Hall–Kier alpha value is -2.28.